The Hall–Kier alpha value is -0.610. The molecule has 2 atom stereocenters. The molecular weight excluding hydrogens is 182 g/mol. The van der Waals surface area contributed by atoms with Gasteiger partial charge in [-0.2, -0.15) is 0 Å². The fourth-order valence-electron chi connectivity index (χ4n) is 1.41. The summed E-state index contributed by atoms with van der Waals surface area (Å²) in [4.78, 5) is 8.04. The lowest BCUT2D eigenvalue weighted by Gasteiger charge is -2.27. The van der Waals surface area contributed by atoms with E-state index in [4.69, 9.17) is 0 Å². The van der Waals surface area contributed by atoms with Crippen molar-refractivity contribution in [2.45, 2.75) is 24.0 Å². The summed E-state index contributed by atoms with van der Waals surface area (Å²) in [7, 11) is 0. The molecule has 0 aromatic carbocycles. The van der Waals surface area contributed by atoms with Crippen LogP contribution < -0.4 is 5.32 Å². The molecule has 0 spiro atoms. The average Bonchev–Trinajstić information content (AvgIpc) is 2.19. The molecule has 0 bridgehead atoms. The molecule has 13 heavy (non-hydrogen) atoms. The van der Waals surface area contributed by atoms with E-state index in [9.17, 15) is 0 Å². The smallest absolute Gasteiger partial charge is 0.115 e. The molecule has 2 unspecified atom stereocenters. The van der Waals surface area contributed by atoms with Gasteiger partial charge in [-0.05, 0) is 13.0 Å². The number of nitrogens with zero attached hydrogens (tertiary/aromatic N) is 2. The predicted octanol–water partition coefficient (Wildman–Crippen LogP) is 1.59. The number of hydrogen-bond donors (Lipinski definition) is 1. The fraction of sp³-hybridized carbons (Fsp3) is 0.556. The second kappa shape index (κ2) is 4.07. The molecule has 0 radical (unpaired) electrons. The molecule has 2 heterocycles. The lowest BCUT2D eigenvalue weighted by molar-refractivity contribution is 0.603. The molecule has 0 aliphatic carbocycles. The molecule has 3 nitrogen and oxygen atoms in total. The molecule has 70 valence electrons. The van der Waals surface area contributed by atoms with Gasteiger partial charge in [-0.1, -0.05) is 6.92 Å². The van der Waals surface area contributed by atoms with Crippen LogP contribution in [0.5, 0.6) is 0 Å². The molecule has 0 amide bonds. The highest BCUT2D eigenvalue weighted by molar-refractivity contribution is 8.00. The first-order valence-corrected chi connectivity index (χ1v) is 5.44. The summed E-state index contributed by atoms with van der Waals surface area (Å²) >= 11 is 1.95. The van der Waals surface area contributed by atoms with Crippen LogP contribution in [0, 0.1) is 0 Å². The molecule has 1 N–H and O–H groups in total. The summed E-state index contributed by atoms with van der Waals surface area (Å²) < 4.78 is 0. The van der Waals surface area contributed by atoms with Gasteiger partial charge in [-0.3, -0.25) is 0 Å². The first-order chi connectivity index (χ1) is 6.36. The Morgan fingerprint density at radius 1 is 1.46 bits per heavy atom. The zero-order valence-corrected chi connectivity index (χ0v) is 8.42. The maximum atomic E-state index is 4.02. The summed E-state index contributed by atoms with van der Waals surface area (Å²) in [5.74, 6) is 0. The van der Waals surface area contributed by atoms with Gasteiger partial charge in [0.05, 0.1) is 5.37 Å². The predicted molar refractivity (Wildman–Crippen MR) is 54.4 cm³/mol. The third-order valence-corrected chi connectivity index (χ3v) is 3.54. The Kier molecular flexibility index (Phi) is 2.80. The number of rotatable bonds is 1. The van der Waals surface area contributed by atoms with Crippen LogP contribution in [0.25, 0.3) is 0 Å². The molecule has 1 aliphatic rings. The van der Waals surface area contributed by atoms with Crippen molar-refractivity contribution in [3.8, 4) is 0 Å². The summed E-state index contributed by atoms with van der Waals surface area (Å²) in [6.45, 7) is 3.36. The van der Waals surface area contributed by atoms with Crippen LogP contribution in [-0.4, -0.2) is 21.8 Å². The van der Waals surface area contributed by atoms with Gasteiger partial charge in [-0.25, -0.2) is 9.97 Å². The zero-order valence-electron chi connectivity index (χ0n) is 7.60. The fourth-order valence-corrected chi connectivity index (χ4v) is 2.62. The first kappa shape index (κ1) is 8.97. The largest absolute Gasteiger partial charge is 0.301 e. The van der Waals surface area contributed by atoms with Crippen LogP contribution in [0.4, 0.5) is 0 Å². The number of thioether (sulfide) groups is 1. The van der Waals surface area contributed by atoms with Gasteiger partial charge in [0.15, 0.2) is 0 Å². The van der Waals surface area contributed by atoms with Crippen molar-refractivity contribution in [3.05, 3.63) is 24.3 Å². The van der Waals surface area contributed by atoms with E-state index in [0.717, 1.165) is 11.8 Å². The Balaban J connectivity index is 2.08. The molecule has 1 aromatic rings. The first-order valence-electron chi connectivity index (χ1n) is 4.50. The molecule has 1 aromatic heterocycles. The van der Waals surface area contributed by atoms with E-state index < -0.39 is 0 Å². The van der Waals surface area contributed by atoms with Crippen LogP contribution >= 0.6 is 11.8 Å². The second-order valence-corrected chi connectivity index (χ2v) is 4.79. The topological polar surface area (TPSA) is 37.8 Å². The Bertz CT molecular complexity index is 265. The quantitative estimate of drug-likeness (QED) is 0.738. The van der Waals surface area contributed by atoms with Crippen LogP contribution in [0.15, 0.2) is 18.7 Å². The molecule has 1 aliphatic heterocycles. The van der Waals surface area contributed by atoms with E-state index >= 15 is 0 Å². The number of aromatic nitrogens is 2. The Labute approximate surface area is 82.4 Å². The zero-order chi connectivity index (χ0) is 9.10. The van der Waals surface area contributed by atoms with Crippen LogP contribution in [0.1, 0.15) is 24.3 Å². The van der Waals surface area contributed by atoms with Gasteiger partial charge in [0.2, 0.25) is 0 Å². The van der Waals surface area contributed by atoms with Gasteiger partial charge in [0.1, 0.15) is 6.33 Å². The van der Waals surface area contributed by atoms with Gasteiger partial charge in [0, 0.05) is 23.2 Å². The van der Waals surface area contributed by atoms with Crippen molar-refractivity contribution < 1.29 is 0 Å². The van der Waals surface area contributed by atoms with Gasteiger partial charge >= 0.3 is 0 Å². The summed E-state index contributed by atoms with van der Waals surface area (Å²) in [6.07, 6.45) is 6.58. The summed E-state index contributed by atoms with van der Waals surface area (Å²) in [5, 5.41) is 4.56. The lowest BCUT2D eigenvalue weighted by atomic mass is 10.3. The SMILES string of the molecule is CC1CCNC(c2cncnc2)S1. The van der Waals surface area contributed by atoms with Crippen molar-refractivity contribution in [1.82, 2.24) is 15.3 Å². The molecule has 1 saturated heterocycles. The van der Waals surface area contributed by atoms with Crippen LogP contribution in [0.2, 0.25) is 0 Å². The van der Waals surface area contributed by atoms with Crippen molar-refractivity contribution >= 4 is 11.8 Å². The van der Waals surface area contributed by atoms with Crippen molar-refractivity contribution in [2.24, 2.45) is 0 Å². The van der Waals surface area contributed by atoms with Crippen molar-refractivity contribution in [2.75, 3.05) is 6.54 Å². The highest BCUT2D eigenvalue weighted by atomic mass is 32.2. The molecule has 4 heteroatoms. The standard InChI is InChI=1S/C9H13N3S/c1-7-2-3-12-9(13-7)8-4-10-6-11-5-8/h4-7,9,12H,2-3H2,1H3. The van der Waals surface area contributed by atoms with Crippen molar-refractivity contribution in [3.63, 3.8) is 0 Å². The lowest BCUT2D eigenvalue weighted by Crippen LogP contribution is -2.28. The van der Waals surface area contributed by atoms with E-state index in [1.807, 2.05) is 24.2 Å². The maximum absolute atomic E-state index is 4.02. The minimum Gasteiger partial charge on any atom is -0.301 e. The normalized spacial score (nSPS) is 28.7. The third kappa shape index (κ3) is 2.19. The van der Waals surface area contributed by atoms with Crippen LogP contribution in [0.3, 0.4) is 0 Å². The monoisotopic (exact) mass is 195 g/mol. The van der Waals surface area contributed by atoms with E-state index in [2.05, 4.69) is 22.2 Å². The van der Waals surface area contributed by atoms with Gasteiger partial charge < -0.3 is 5.32 Å². The average molecular weight is 195 g/mol. The molecule has 2 rings (SSSR count). The molecule has 1 fully saturated rings. The Morgan fingerprint density at radius 2 is 2.23 bits per heavy atom. The van der Waals surface area contributed by atoms with E-state index in [0.29, 0.717) is 5.37 Å². The minimum atomic E-state index is 0.380. The highest BCUT2D eigenvalue weighted by Gasteiger charge is 2.20. The highest BCUT2D eigenvalue weighted by Crippen LogP contribution is 2.33. The Morgan fingerprint density at radius 3 is 2.92 bits per heavy atom. The van der Waals surface area contributed by atoms with Crippen LogP contribution in [-0.2, 0) is 0 Å². The van der Waals surface area contributed by atoms with Gasteiger partial charge in [-0.15, -0.1) is 11.8 Å². The van der Waals surface area contributed by atoms with E-state index in [-0.39, 0.29) is 0 Å². The third-order valence-electron chi connectivity index (χ3n) is 2.13. The minimum absolute atomic E-state index is 0.380. The number of nitrogens with one attached hydrogen (secondary N) is 1. The summed E-state index contributed by atoms with van der Waals surface area (Å²) in [6, 6.07) is 0. The second-order valence-electron chi connectivity index (χ2n) is 3.24. The van der Waals surface area contributed by atoms with Gasteiger partial charge in [0.25, 0.3) is 0 Å². The van der Waals surface area contributed by atoms with Crippen molar-refractivity contribution in [1.29, 1.82) is 0 Å². The molecule has 0 saturated carbocycles. The van der Waals surface area contributed by atoms with E-state index in [1.165, 1.54) is 12.0 Å². The number of hydrogen-bond acceptors (Lipinski definition) is 4. The maximum Gasteiger partial charge on any atom is 0.115 e. The molecular formula is C9H13N3S. The summed E-state index contributed by atoms with van der Waals surface area (Å²) in [5.41, 5.74) is 1.18. The van der Waals surface area contributed by atoms with E-state index in [1.54, 1.807) is 6.33 Å².